The summed E-state index contributed by atoms with van der Waals surface area (Å²) >= 11 is 0. The van der Waals surface area contributed by atoms with Gasteiger partial charge in [-0.15, -0.1) is 0 Å². The molecule has 0 bridgehead atoms. The van der Waals surface area contributed by atoms with Crippen molar-refractivity contribution in [2.24, 2.45) is 0 Å². The summed E-state index contributed by atoms with van der Waals surface area (Å²) in [6, 6.07) is 12.4. The number of hydrogen-bond acceptors (Lipinski definition) is 0. The molecule has 4 nitrogen and oxygen atoms in total. The van der Waals surface area contributed by atoms with E-state index in [4.69, 9.17) is 0 Å². The highest BCUT2D eigenvalue weighted by molar-refractivity contribution is 5.87. The molecule has 0 fully saturated rings. The Morgan fingerprint density at radius 2 is 1.00 bits per heavy atom. The molecule has 2 rings (SSSR count). The van der Waals surface area contributed by atoms with Crippen molar-refractivity contribution < 1.29 is 47.2 Å². The molecule has 2 aromatic carbocycles. The Bertz CT molecular complexity index is 398. The molecular formula is C10H16Cl2N2O2. The van der Waals surface area contributed by atoms with Gasteiger partial charge in [-0.25, -0.2) is 0 Å². The lowest BCUT2D eigenvalue weighted by molar-refractivity contribution is -0.298. The van der Waals surface area contributed by atoms with E-state index in [1.54, 1.807) is 0 Å². The van der Waals surface area contributed by atoms with Crippen LogP contribution >= 0.6 is 0 Å². The van der Waals surface area contributed by atoms with Crippen molar-refractivity contribution in [3.63, 3.8) is 0 Å². The minimum absolute atomic E-state index is 0. The fourth-order valence-electron chi connectivity index (χ4n) is 1.33. The van der Waals surface area contributed by atoms with E-state index in [9.17, 15) is 0 Å². The molecule has 0 aromatic heterocycles. The largest absolute Gasteiger partial charge is 1.00 e. The maximum absolute atomic E-state index is 3.91. The molecule has 0 spiro atoms. The Balaban J connectivity index is -0.000000422. The van der Waals surface area contributed by atoms with Crippen LogP contribution in [0.3, 0.4) is 0 Å². The molecule has 92 valence electrons. The number of benzene rings is 2. The van der Waals surface area contributed by atoms with Crippen molar-refractivity contribution in [3.8, 4) is 0 Å². The summed E-state index contributed by atoms with van der Waals surface area (Å²) in [5.41, 5.74) is 9.83. The van der Waals surface area contributed by atoms with Crippen LogP contribution in [0.25, 0.3) is 10.8 Å². The minimum atomic E-state index is 0. The molecule has 0 radical (unpaired) electrons. The summed E-state index contributed by atoms with van der Waals surface area (Å²) in [6.07, 6.45) is 0. The number of quaternary nitrogens is 2. The highest BCUT2D eigenvalue weighted by Crippen LogP contribution is 2.20. The van der Waals surface area contributed by atoms with Gasteiger partial charge in [0.15, 0.2) is 11.4 Å². The lowest BCUT2D eigenvalue weighted by Crippen LogP contribution is -3.00. The smallest absolute Gasteiger partial charge is 0.189 e. The number of halogens is 2. The van der Waals surface area contributed by atoms with E-state index in [0.29, 0.717) is 0 Å². The van der Waals surface area contributed by atoms with E-state index < -0.39 is 0 Å². The maximum Gasteiger partial charge on any atom is 0.189 e. The standard InChI is InChI=1S/C10H10N2.2ClH.2H2O/c11-9-5-7-3-1-2-4-8(7)6-10(9)12;;;;/h1-6H,11-12H2;2*1H;2*1H2. The minimum Gasteiger partial charge on any atom is -1.00 e. The van der Waals surface area contributed by atoms with Gasteiger partial charge in [0, 0.05) is 12.1 Å². The first kappa shape index (κ1) is 20.5. The third-order valence-electron chi connectivity index (χ3n) is 2.07. The summed E-state index contributed by atoms with van der Waals surface area (Å²) < 4.78 is 0. The van der Waals surface area contributed by atoms with Gasteiger partial charge >= 0.3 is 0 Å². The molecule has 6 heteroatoms. The second-order valence-electron chi connectivity index (χ2n) is 2.97. The van der Waals surface area contributed by atoms with Crippen molar-refractivity contribution >= 4 is 22.1 Å². The van der Waals surface area contributed by atoms with Crippen LogP contribution in [0.15, 0.2) is 36.4 Å². The van der Waals surface area contributed by atoms with Gasteiger partial charge in [0.05, 0.1) is 0 Å². The van der Waals surface area contributed by atoms with Crippen molar-refractivity contribution in [2.45, 2.75) is 0 Å². The molecule has 0 unspecified atom stereocenters. The first-order chi connectivity index (χ1) is 5.77. The average Bonchev–Trinajstić information content (AvgIpc) is 2.07. The molecule has 0 atom stereocenters. The molecule has 0 saturated carbocycles. The monoisotopic (exact) mass is 266 g/mol. The Labute approximate surface area is 106 Å². The van der Waals surface area contributed by atoms with E-state index in [0.717, 1.165) is 11.4 Å². The van der Waals surface area contributed by atoms with Crippen molar-refractivity contribution in [3.05, 3.63) is 36.4 Å². The van der Waals surface area contributed by atoms with Crippen molar-refractivity contribution in [2.75, 3.05) is 0 Å². The Morgan fingerprint density at radius 3 is 1.31 bits per heavy atom. The highest BCUT2D eigenvalue weighted by atomic mass is 35.5. The molecule has 0 aliphatic carbocycles. The zero-order valence-corrected chi connectivity index (χ0v) is 10.1. The average molecular weight is 267 g/mol. The molecular weight excluding hydrogens is 251 g/mol. The summed E-state index contributed by atoms with van der Waals surface area (Å²) in [6.45, 7) is 0. The SMILES string of the molecule is O.O.[Cl-].[Cl-].[NH3+]c1cc2ccccc2cc1[NH3+]. The van der Waals surface area contributed by atoms with Crippen LogP contribution in [0, 0.1) is 0 Å². The normalized spacial score (nSPS) is 7.88. The molecule has 0 aliphatic rings. The van der Waals surface area contributed by atoms with Crippen molar-refractivity contribution in [1.82, 2.24) is 0 Å². The van der Waals surface area contributed by atoms with Crippen LogP contribution in [0.2, 0.25) is 0 Å². The van der Waals surface area contributed by atoms with Gasteiger partial charge in [0.1, 0.15) is 0 Å². The van der Waals surface area contributed by atoms with E-state index in [2.05, 4.69) is 35.7 Å². The first-order valence-corrected chi connectivity index (χ1v) is 3.94. The molecule has 10 N–H and O–H groups in total. The molecule has 2 aromatic rings. The van der Waals surface area contributed by atoms with Crippen molar-refractivity contribution in [1.29, 1.82) is 0 Å². The fourth-order valence-corrected chi connectivity index (χ4v) is 1.33. The summed E-state index contributed by atoms with van der Waals surface area (Å²) in [4.78, 5) is 0. The second kappa shape index (κ2) is 8.29. The zero-order valence-electron chi connectivity index (χ0n) is 8.63. The Hall–Kier alpha value is -0.880. The third-order valence-corrected chi connectivity index (χ3v) is 2.07. The van der Waals surface area contributed by atoms with Crippen LogP contribution in [-0.4, -0.2) is 11.0 Å². The topological polar surface area (TPSA) is 118 Å². The van der Waals surface area contributed by atoms with Gasteiger partial charge in [-0.2, -0.15) is 0 Å². The summed E-state index contributed by atoms with van der Waals surface area (Å²) in [7, 11) is 0. The van der Waals surface area contributed by atoms with Gasteiger partial charge in [-0.3, -0.25) is 0 Å². The highest BCUT2D eigenvalue weighted by Gasteiger charge is 2.02. The van der Waals surface area contributed by atoms with E-state index in [-0.39, 0.29) is 35.8 Å². The quantitative estimate of drug-likeness (QED) is 0.472. The maximum atomic E-state index is 3.91. The first-order valence-electron chi connectivity index (χ1n) is 3.94. The predicted octanol–water partition coefficient (Wildman–Crippen LogP) is -7.05. The Kier molecular flexibility index (Phi) is 10.6. The van der Waals surface area contributed by atoms with E-state index >= 15 is 0 Å². The number of rotatable bonds is 0. The van der Waals surface area contributed by atoms with Crippen LogP contribution in [0.1, 0.15) is 0 Å². The van der Waals surface area contributed by atoms with Gasteiger partial charge < -0.3 is 47.2 Å². The van der Waals surface area contributed by atoms with Gasteiger partial charge in [0.25, 0.3) is 0 Å². The van der Waals surface area contributed by atoms with Crippen LogP contribution < -0.4 is 36.3 Å². The summed E-state index contributed by atoms with van der Waals surface area (Å²) in [5, 5.41) is 2.46. The van der Waals surface area contributed by atoms with E-state index in [1.165, 1.54) is 10.8 Å². The molecule has 0 heterocycles. The number of hydrogen-bond donors (Lipinski definition) is 2. The third kappa shape index (κ3) is 3.94. The molecule has 0 aliphatic heterocycles. The zero-order chi connectivity index (χ0) is 8.55. The predicted molar refractivity (Wildman–Crippen MR) is 56.3 cm³/mol. The van der Waals surface area contributed by atoms with Gasteiger partial charge in [-0.1, -0.05) is 24.3 Å². The lowest BCUT2D eigenvalue weighted by Gasteiger charge is -1.96. The lowest BCUT2D eigenvalue weighted by atomic mass is 10.1. The fraction of sp³-hybridized carbons (Fsp3) is 0. The van der Waals surface area contributed by atoms with E-state index in [1.807, 2.05) is 12.1 Å². The summed E-state index contributed by atoms with van der Waals surface area (Å²) in [5.74, 6) is 0. The Morgan fingerprint density at radius 1 is 0.688 bits per heavy atom. The number of fused-ring (bicyclic) bond motifs is 1. The van der Waals surface area contributed by atoms with Gasteiger partial charge in [0.2, 0.25) is 0 Å². The molecule has 0 saturated heterocycles. The van der Waals surface area contributed by atoms with Crippen LogP contribution in [0.4, 0.5) is 11.4 Å². The van der Waals surface area contributed by atoms with Crippen LogP contribution in [0.5, 0.6) is 0 Å². The van der Waals surface area contributed by atoms with Gasteiger partial charge in [-0.05, 0) is 10.8 Å². The molecule has 0 amide bonds. The second-order valence-corrected chi connectivity index (χ2v) is 2.97. The molecule has 16 heavy (non-hydrogen) atoms. The van der Waals surface area contributed by atoms with Crippen LogP contribution in [-0.2, 0) is 0 Å².